The Morgan fingerprint density at radius 3 is 2.46 bits per heavy atom. The Kier molecular flexibility index (Phi) is 5.68. The van der Waals surface area contributed by atoms with Gasteiger partial charge in [-0.2, -0.15) is 0 Å². The molecular formula is C20H28FNO2. The normalized spacial score (nSPS) is 21.6. The van der Waals surface area contributed by atoms with E-state index < -0.39 is 0 Å². The first-order chi connectivity index (χ1) is 11.3. The van der Waals surface area contributed by atoms with Gasteiger partial charge >= 0.3 is 0 Å². The van der Waals surface area contributed by atoms with Crippen molar-refractivity contribution in [2.75, 3.05) is 13.7 Å². The van der Waals surface area contributed by atoms with Crippen LogP contribution < -0.4 is 0 Å². The van der Waals surface area contributed by atoms with Crippen molar-refractivity contribution >= 4 is 5.91 Å². The Hall–Kier alpha value is -1.84. The van der Waals surface area contributed by atoms with E-state index in [-0.39, 0.29) is 17.1 Å². The lowest BCUT2D eigenvalue weighted by Gasteiger charge is -2.42. The van der Waals surface area contributed by atoms with Crippen LogP contribution in [0.5, 0.6) is 0 Å². The third-order valence-corrected chi connectivity index (χ3v) is 4.80. The molecule has 1 aromatic carbocycles. The molecule has 0 bridgehead atoms. The number of carbonyl (C=O) groups excluding carboxylic acids is 1. The number of hydrogen-bond donors (Lipinski definition) is 0. The minimum absolute atomic E-state index is 0.00167. The van der Waals surface area contributed by atoms with Crippen molar-refractivity contribution < 1.29 is 13.9 Å². The number of halogens is 1. The second kappa shape index (κ2) is 7.37. The number of amides is 1. The minimum atomic E-state index is -0.261. The lowest BCUT2D eigenvalue weighted by molar-refractivity contribution is -0.131. The van der Waals surface area contributed by atoms with Crippen molar-refractivity contribution in [3.63, 3.8) is 0 Å². The van der Waals surface area contributed by atoms with Crippen LogP contribution in [0.25, 0.3) is 0 Å². The summed E-state index contributed by atoms with van der Waals surface area (Å²) in [5.74, 6) is 1.15. The molecule has 0 saturated carbocycles. The predicted molar refractivity (Wildman–Crippen MR) is 93.7 cm³/mol. The fraction of sp³-hybridized carbons (Fsp3) is 0.550. The molecule has 0 aliphatic carbocycles. The summed E-state index contributed by atoms with van der Waals surface area (Å²) in [5, 5.41) is 0. The fourth-order valence-corrected chi connectivity index (χ4v) is 3.49. The Morgan fingerprint density at radius 2 is 1.92 bits per heavy atom. The van der Waals surface area contributed by atoms with Gasteiger partial charge in [0.15, 0.2) is 0 Å². The minimum Gasteiger partial charge on any atom is -0.500 e. The summed E-state index contributed by atoms with van der Waals surface area (Å²) in [6.07, 6.45) is 2.05. The van der Waals surface area contributed by atoms with Crippen LogP contribution in [0.2, 0.25) is 0 Å². The third kappa shape index (κ3) is 3.97. The molecule has 132 valence electrons. The van der Waals surface area contributed by atoms with E-state index in [1.54, 1.807) is 19.2 Å². The number of nitrogens with zero attached hydrogens (tertiary/aromatic N) is 1. The maximum atomic E-state index is 13.1. The number of benzene rings is 1. The van der Waals surface area contributed by atoms with Crippen LogP contribution in [-0.4, -0.2) is 24.5 Å². The molecule has 1 aliphatic heterocycles. The van der Waals surface area contributed by atoms with E-state index in [9.17, 15) is 9.18 Å². The zero-order valence-corrected chi connectivity index (χ0v) is 15.4. The van der Waals surface area contributed by atoms with E-state index in [0.29, 0.717) is 24.6 Å². The monoisotopic (exact) mass is 333 g/mol. The number of carbonyl (C=O) groups is 1. The maximum Gasteiger partial charge on any atom is 0.253 e. The van der Waals surface area contributed by atoms with E-state index in [0.717, 1.165) is 24.2 Å². The quantitative estimate of drug-likeness (QED) is 0.765. The summed E-state index contributed by atoms with van der Waals surface area (Å²) in [4.78, 5) is 14.6. The van der Waals surface area contributed by atoms with Crippen LogP contribution >= 0.6 is 0 Å². The molecule has 0 aromatic heterocycles. The van der Waals surface area contributed by atoms with Crippen LogP contribution in [-0.2, 0) is 16.1 Å². The summed E-state index contributed by atoms with van der Waals surface area (Å²) in [6.45, 7) is 9.53. The lowest BCUT2D eigenvalue weighted by atomic mass is 9.77. The van der Waals surface area contributed by atoms with Crippen molar-refractivity contribution in [3.05, 3.63) is 47.0 Å². The highest BCUT2D eigenvalue weighted by atomic mass is 19.1. The molecule has 1 aliphatic rings. The first-order valence-electron chi connectivity index (χ1n) is 8.56. The van der Waals surface area contributed by atoms with Gasteiger partial charge < -0.3 is 9.64 Å². The largest absolute Gasteiger partial charge is 0.500 e. The average molecular weight is 333 g/mol. The molecule has 1 atom stereocenters. The summed E-state index contributed by atoms with van der Waals surface area (Å²) >= 11 is 0. The standard InChI is InChI=1S/C20H28FNO2/c1-14(2)10-11-20(4)13-22(19(23)15(3)18(20)24-5)12-16-6-8-17(21)9-7-16/h6-9,14H,10-13H2,1-5H3. The van der Waals surface area contributed by atoms with E-state index in [2.05, 4.69) is 20.8 Å². The molecule has 0 spiro atoms. The van der Waals surface area contributed by atoms with Crippen LogP contribution in [0.15, 0.2) is 35.6 Å². The van der Waals surface area contributed by atoms with Crippen LogP contribution in [0.4, 0.5) is 4.39 Å². The smallest absolute Gasteiger partial charge is 0.253 e. The molecule has 24 heavy (non-hydrogen) atoms. The van der Waals surface area contributed by atoms with E-state index in [1.807, 2.05) is 11.8 Å². The zero-order chi connectivity index (χ0) is 17.9. The molecule has 4 heteroatoms. The molecule has 1 heterocycles. The average Bonchev–Trinajstić information content (AvgIpc) is 2.53. The van der Waals surface area contributed by atoms with Gasteiger partial charge in [-0.3, -0.25) is 4.79 Å². The molecule has 3 nitrogen and oxygen atoms in total. The maximum absolute atomic E-state index is 13.1. The van der Waals surface area contributed by atoms with Crippen molar-refractivity contribution in [2.45, 2.75) is 47.1 Å². The van der Waals surface area contributed by atoms with E-state index >= 15 is 0 Å². The van der Waals surface area contributed by atoms with Crippen molar-refractivity contribution in [2.24, 2.45) is 11.3 Å². The van der Waals surface area contributed by atoms with Gasteiger partial charge in [-0.15, -0.1) is 0 Å². The molecule has 2 rings (SSSR count). The molecule has 0 N–H and O–H groups in total. The van der Waals surface area contributed by atoms with Gasteiger partial charge in [0.2, 0.25) is 0 Å². The molecular weight excluding hydrogens is 305 g/mol. The highest BCUT2D eigenvalue weighted by Gasteiger charge is 2.41. The summed E-state index contributed by atoms with van der Waals surface area (Å²) < 4.78 is 18.7. The Balaban J connectivity index is 2.26. The van der Waals surface area contributed by atoms with Gasteiger partial charge in [0.25, 0.3) is 5.91 Å². The SMILES string of the molecule is COC1=C(C)C(=O)N(Cc2ccc(F)cc2)CC1(C)CCC(C)C. The second-order valence-corrected chi connectivity index (χ2v) is 7.44. The molecule has 1 amide bonds. The third-order valence-electron chi connectivity index (χ3n) is 4.80. The highest BCUT2D eigenvalue weighted by molar-refractivity contribution is 5.94. The van der Waals surface area contributed by atoms with Gasteiger partial charge in [0, 0.05) is 18.5 Å². The van der Waals surface area contributed by atoms with Gasteiger partial charge in [0.05, 0.1) is 12.7 Å². The van der Waals surface area contributed by atoms with Gasteiger partial charge in [-0.1, -0.05) is 32.9 Å². The first-order valence-corrected chi connectivity index (χ1v) is 8.56. The second-order valence-electron chi connectivity index (χ2n) is 7.44. The summed E-state index contributed by atoms with van der Waals surface area (Å²) in [7, 11) is 1.65. The Bertz CT molecular complexity index is 621. The topological polar surface area (TPSA) is 29.5 Å². The van der Waals surface area contributed by atoms with Crippen molar-refractivity contribution in [1.82, 2.24) is 4.90 Å². The molecule has 1 unspecified atom stereocenters. The van der Waals surface area contributed by atoms with Crippen LogP contribution in [0.1, 0.15) is 46.1 Å². The first kappa shape index (κ1) is 18.5. The molecule has 0 radical (unpaired) electrons. The lowest BCUT2D eigenvalue weighted by Crippen LogP contribution is -2.46. The molecule has 0 saturated heterocycles. The molecule has 0 fully saturated rings. The van der Waals surface area contributed by atoms with Gasteiger partial charge in [-0.25, -0.2) is 4.39 Å². The number of ether oxygens (including phenoxy) is 1. The van der Waals surface area contributed by atoms with Crippen LogP contribution in [0.3, 0.4) is 0 Å². The predicted octanol–water partition coefficient (Wildman–Crippen LogP) is 4.53. The fourth-order valence-electron chi connectivity index (χ4n) is 3.49. The number of hydrogen-bond acceptors (Lipinski definition) is 2. The number of rotatable bonds is 6. The number of methoxy groups -OCH3 is 1. The summed E-state index contributed by atoms with van der Waals surface area (Å²) in [6, 6.07) is 6.34. The highest BCUT2D eigenvalue weighted by Crippen LogP contribution is 2.40. The molecule has 1 aromatic rings. The Labute approximate surface area is 144 Å². The Morgan fingerprint density at radius 1 is 1.29 bits per heavy atom. The van der Waals surface area contributed by atoms with E-state index in [1.165, 1.54) is 12.1 Å². The van der Waals surface area contributed by atoms with Crippen molar-refractivity contribution in [1.29, 1.82) is 0 Å². The van der Waals surface area contributed by atoms with Gasteiger partial charge in [0.1, 0.15) is 11.6 Å². The van der Waals surface area contributed by atoms with Crippen molar-refractivity contribution in [3.8, 4) is 0 Å². The summed E-state index contributed by atoms with van der Waals surface area (Å²) in [5.41, 5.74) is 1.43. The van der Waals surface area contributed by atoms with Gasteiger partial charge in [-0.05, 0) is 43.4 Å². The van der Waals surface area contributed by atoms with E-state index in [4.69, 9.17) is 4.74 Å². The van der Waals surface area contributed by atoms with Crippen LogP contribution in [0, 0.1) is 17.2 Å². The zero-order valence-electron chi connectivity index (χ0n) is 15.4.